The molecule has 3 aromatic carbocycles. The van der Waals surface area contributed by atoms with E-state index in [1.807, 2.05) is 89.6 Å². The number of carboxylic acid groups (broad SMARTS) is 1. The van der Waals surface area contributed by atoms with Crippen molar-refractivity contribution < 1.29 is 14.5 Å². The first-order valence-electron chi connectivity index (χ1n) is 8.44. The van der Waals surface area contributed by atoms with Crippen LogP contribution in [0.25, 0.3) is 0 Å². The number of carbonyl (C=O) groups is 1. The maximum absolute atomic E-state index is 14.5. The third-order valence-corrected chi connectivity index (χ3v) is 7.89. The zero-order chi connectivity index (χ0) is 18.1. The Morgan fingerprint density at radius 3 is 2.12 bits per heavy atom. The van der Waals surface area contributed by atoms with Crippen molar-refractivity contribution in [1.82, 2.24) is 0 Å². The van der Waals surface area contributed by atoms with Crippen molar-refractivity contribution in [3.8, 4) is 0 Å². The molecular weight excluding hydrogens is 345 g/mol. The molecule has 1 heterocycles. The van der Waals surface area contributed by atoms with E-state index in [9.17, 15) is 14.5 Å². The van der Waals surface area contributed by atoms with Crippen LogP contribution < -0.4 is 15.3 Å². The second-order valence-electron chi connectivity index (χ2n) is 6.26. The smallest absolute Gasteiger partial charge is 0.305 e. The molecular formula is C21H18NO3P. The fraction of sp³-hybridized carbons (Fsp3) is 0.0952. The van der Waals surface area contributed by atoms with Gasteiger partial charge in [0.25, 0.3) is 0 Å². The molecule has 0 saturated heterocycles. The van der Waals surface area contributed by atoms with Crippen LogP contribution in [0.4, 0.5) is 5.69 Å². The second-order valence-corrected chi connectivity index (χ2v) is 8.85. The number of benzene rings is 3. The summed E-state index contributed by atoms with van der Waals surface area (Å²) in [5, 5.41) is 10.9. The lowest BCUT2D eigenvalue weighted by Crippen LogP contribution is -2.28. The normalized spacial score (nSPS) is 21.4. The molecule has 2 atom stereocenters. The van der Waals surface area contributed by atoms with E-state index >= 15 is 0 Å². The van der Waals surface area contributed by atoms with Gasteiger partial charge in [0, 0.05) is 16.3 Å². The molecule has 0 spiro atoms. The Morgan fingerprint density at radius 2 is 1.46 bits per heavy atom. The summed E-state index contributed by atoms with van der Waals surface area (Å²) >= 11 is 0. The predicted octanol–water partition coefficient (Wildman–Crippen LogP) is 3.95. The van der Waals surface area contributed by atoms with E-state index in [0.717, 1.165) is 16.6 Å². The van der Waals surface area contributed by atoms with Gasteiger partial charge in [-0.15, -0.1) is 0 Å². The zero-order valence-electron chi connectivity index (χ0n) is 14.0. The summed E-state index contributed by atoms with van der Waals surface area (Å²) in [6.45, 7) is 0. The number of aliphatic carboxylic acids is 1. The van der Waals surface area contributed by atoms with Crippen molar-refractivity contribution in [2.45, 2.75) is 12.5 Å². The van der Waals surface area contributed by atoms with E-state index < -0.39 is 19.3 Å². The molecule has 0 fully saturated rings. The molecule has 5 heteroatoms. The van der Waals surface area contributed by atoms with Crippen LogP contribution in [0, 0.1) is 0 Å². The fourth-order valence-corrected chi connectivity index (χ4v) is 6.92. The molecule has 0 radical (unpaired) electrons. The van der Waals surface area contributed by atoms with Gasteiger partial charge in [0.15, 0.2) is 0 Å². The number of hydrogen-bond acceptors (Lipinski definition) is 2. The highest BCUT2D eigenvalue weighted by Crippen LogP contribution is 2.60. The lowest BCUT2D eigenvalue weighted by molar-refractivity contribution is -0.137. The minimum atomic E-state index is -3.19. The lowest BCUT2D eigenvalue weighted by Gasteiger charge is -2.32. The molecule has 26 heavy (non-hydrogen) atoms. The van der Waals surface area contributed by atoms with Gasteiger partial charge in [-0.05, 0) is 35.9 Å². The van der Waals surface area contributed by atoms with Crippen LogP contribution in [0.5, 0.6) is 0 Å². The number of para-hydroxylation sites is 1. The number of fused-ring (bicyclic) bond motifs is 1. The number of nitrogens with zero attached hydrogens (tertiary/aromatic N) is 1. The van der Waals surface area contributed by atoms with Crippen LogP contribution in [0.3, 0.4) is 0 Å². The van der Waals surface area contributed by atoms with Crippen molar-refractivity contribution in [3.05, 3.63) is 90.5 Å². The van der Waals surface area contributed by atoms with E-state index in [0.29, 0.717) is 5.30 Å². The van der Waals surface area contributed by atoms with Crippen LogP contribution in [0.2, 0.25) is 0 Å². The van der Waals surface area contributed by atoms with E-state index in [-0.39, 0.29) is 6.42 Å². The van der Waals surface area contributed by atoms with Crippen LogP contribution in [-0.2, 0) is 9.36 Å². The van der Waals surface area contributed by atoms with Crippen molar-refractivity contribution in [1.29, 1.82) is 0 Å². The largest absolute Gasteiger partial charge is 0.481 e. The summed E-state index contributed by atoms with van der Waals surface area (Å²) in [7, 11) is -3.19. The first kappa shape index (κ1) is 16.6. The van der Waals surface area contributed by atoms with E-state index in [1.165, 1.54) is 0 Å². The quantitative estimate of drug-likeness (QED) is 0.713. The molecule has 4 nitrogen and oxygen atoms in total. The van der Waals surface area contributed by atoms with Gasteiger partial charge in [-0.1, -0.05) is 54.6 Å². The molecule has 130 valence electrons. The van der Waals surface area contributed by atoms with Crippen molar-refractivity contribution in [2.24, 2.45) is 0 Å². The number of rotatable bonds is 4. The minimum Gasteiger partial charge on any atom is -0.481 e. The molecule has 0 aliphatic carbocycles. The molecule has 0 bridgehead atoms. The molecule has 4 rings (SSSR count). The topological polar surface area (TPSA) is 57.6 Å². The highest BCUT2D eigenvalue weighted by Gasteiger charge is 2.48. The average molecular weight is 363 g/mol. The van der Waals surface area contributed by atoms with Gasteiger partial charge < -0.3 is 9.78 Å². The second kappa shape index (κ2) is 6.47. The van der Waals surface area contributed by atoms with Crippen molar-refractivity contribution in [3.63, 3.8) is 0 Å². The van der Waals surface area contributed by atoms with Crippen molar-refractivity contribution >= 4 is 29.6 Å². The van der Waals surface area contributed by atoms with Crippen LogP contribution >= 0.6 is 7.29 Å². The first-order valence-corrected chi connectivity index (χ1v) is 10.1. The highest BCUT2D eigenvalue weighted by molar-refractivity contribution is 7.80. The molecule has 1 aliphatic heterocycles. The zero-order valence-corrected chi connectivity index (χ0v) is 14.9. The first-order chi connectivity index (χ1) is 12.6. The van der Waals surface area contributed by atoms with Gasteiger partial charge in [-0.3, -0.25) is 9.36 Å². The van der Waals surface area contributed by atoms with E-state index in [2.05, 4.69) is 0 Å². The molecule has 1 N–H and O–H groups in total. The van der Waals surface area contributed by atoms with Gasteiger partial charge in [0.2, 0.25) is 7.29 Å². The Morgan fingerprint density at radius 1 is 0.885 bits per heavy atom. The number of carboxylic acids is 1. The summed E-state index contributed by atoms with van der Waals surface area (Å²) in [6, 6.07) is 25.8. The maximum atomic E-state index is 14.5. The van der Waals surface area contributed by atoms with Crippen LogP contribution in [0.1, 0.15) is 18.0 Å². The number of hydrogen-bond donors (Lipinski definition) is 1. The Hall–Kier alpha value is -2.84. The Kier molecular flexibility index (Phi) is 4.14. The summed E-state index contributed by atoms with van der Waals surface area (Å²) in [6.07, 6.45) is -0.108. The van der Waals surface area contributed by atoms with E-state index in [4.69, 9.17) is 0 Å². The summed E-state index contributed by atoms with van der Waals surface area (Å²) in [5.41, 5.74) is 1.59. The monoisotopic (exact) mass is 363 g/mol. The van der Waals surface area contributed by atoms with Crippen LogP contribution in [0.15, 0.2) is 84.9 Å². The Bertz CT molecular complexity index is 988. The molecule has 1 aliphatic rings. The Labute approximate surface area is 152 Å². The van der Waals surface area contributed by atoms with Crippen molar-refractivity contribution in [2.75, 3.05) is 4.67 Å². The predicted molar refractivity (Wildman–Crippen MR) is 104 cm³/mol. The summed E-state index contributed by atoms with van der Waals surface area (Å²) < 4.78 is 16.3. The maximum Gasteiger partial charge on any atom is 0.305 e. The van der Waals surface area contributed by atoms with Gasteiger partial charge >= 0.3 is 5.97 Å². The molecule has 0 saturated carbocycles. The molecule has 3 aromatic rings. The standard InChI is InChI=1S/C21H18NO3P/c23-21(24)15-19-18-13-7-8-14-20(18)26(25,17-11-5-2-6-12-17)22(19)16-9-3-1-4-10-16/h1-14,19H,15H2,(H,23,24). The van der Waals surface area contributed by atoms with Crippen LogP contribution in [-0.4, -0.2) is 11.1 Å². The molecule has 0 aromatic heterocycles. The van der Waals surface area contributed by atoms with Gasteiger partial charge in [-0.2, -0.15) is 0 Å². The third-order valence-electron chi connectivity index (χ3n) is 4.72. The lowest BCUT2D eigenvalue weighted by atomic mass is 10.0. The molecule has 2 unspecified atom stereocenters. The fourth-order valence-electron chi connectivity index (χ4n) is 3.67. The van der Waals surface area contributed by atoms with Gasteiger partial charge in [0.1, 0.15) is 0 Å². The van der Waals surface area contributed by atoms with E-state index in [1.54, 1.807) is 0 Å². The van der Waals surface area contributed by atoms with Gasteiger partial charge in [-0.25, -0.2) is 0 Å². The minimum absolute atomic E-state index is 0.108. The Balaban J connectivity index is 2.01. The average Bonchev–Trinajstić information content (AvgIpc) is 2.92. The SMILES string of the molecule is O=C(O)CC1c2ccccc2P(=O)(c2ccccc2)N1c1ccccc1. The molecule has 0 amide bonds. The number of anilines is 1. The third kappa shape index (κ3) is 2.54. The summed E-state index contributed by atoms with van der Waals surface area (Å²) in [4.78, 5) is 11.6. The highest BCUT2D eigenvalue weighted by atomic mass is 31.2. The summed E-state index contributed by atoms with van der Waals surface area (Å²) in [5.74, 6) is -0.910. The van der Waals surface area contributed by atoms with Gasteiger partial charge in [0.05, 0.1) is 12.5 Å².